The van der Waals surface area contributed by atoms with Gasteiger partial charge in [-0.1, -0.05) is 142 Å². The highest BCUT2D eigenvalue weighted by Gasteiger charge is 2.37. The van der Waals surface area contributed by atoms with Crippen molar-refractivity contribution in [2.24, 2.45) is 0 Å². The Morgan fingerprint density at radius 1 is 0.415 bits per heavy atom. The van der Waals surface area contributed by atoms with E-state index in [9.17, 15) is 5.11 Å². The van der Waals surface area contributed by atoms with Gasteiger partial charge >= 0.3 is 0 Å². The van der Waals surface area contributed by atoms with Crippen molar-refractivity contribution in [3.63, 3.8) is 0 Å². The normalized spacial score (nSPS) is 11.6. The second kappa shape index (κ2) is 13.4. The number of benzene rings is 7. The molecule has 0 amide bonds. The summed E-state index contributed by atoms with van der Waals surface area (Å²) in [6, 6.07) is 63.6. The summed E-state index contributed by atoms with van der Waals surface area (Å²) >= 11 is 1.66. The minimum Gasteiger partial charge on any atom is -0.376 e. The van der Waals surface area contributed by atoms with E-state index < -0.39 is 5.60 Å². The Kier molecular flexibility index (Phi) is 8.58. The molecule has 0 saturated carbocycles. The van der Waals surface area contributed by atoms with Crippen LogP contribution in [0, 0.1) is 0 Å². The van der Waals surface area contributed by atoms with Gasteiger partial charge in [0.15, 0.2) is 0 Å². The molecule has 4 heteroatoms. The maximum Gasteiger partial charge on any atom is 0.142 e. The molecular weight excluding hydrogens is 665 g/mol. The number of fused-ring (bicyclic) bond motifs is 6. The molecule has 258 valence electrons. The Bertz CT molecular complexity index is 2630. The van der Waals surface area contributed by atoms with E-state index in [0.29, 0.717) is 0 Å². The first-order valence-corrected chi connectivity index (χ1v) is 18.1. The summed E-state index contributed by atoms with van der Waals surface area (Å²) in [4.78, 5) is 1.04. The highest BCUT2D eigenvalue weighted by molar-refractivity contribution is 7.13. The lowest BCUT2D eigenvalue weighted by molar-refractivity contribution is 0.126. The Morgan fingerprint density at radius 2 is 0.811 bits per heavy atom. The van der Waals surface area contributed by atoms with E-state index in [0.717, 1.165) is 60.6 Å². The molecule has 10 rings (SSSR count). The molecule has 0 unspecified atom stereocenters. The summed E-state index contributed by atoms with van der Waals surface area (Å²) in [5.41, 5.74) is 8.60. The van der Waals surface area contributed by atoms with Crippen LogP contribution in [-0.4, -0.2) is 14.2 Å². The van der Waals surface area contributed by atoms with Gasteiger partial charge < -0.3 is 14.2 Å². The van der Waals surface area contributed by atoms with Gasteiger partial charge in [0, 0.05) is 43.4 Å². The number of para-hydroxylation sites is 4. The molecule has 0 spiro atoms. The van der Waals surface area contributed by atoms with E-state index >= 15 is 0 Å². The standard InChI is InChI=1S/C47H32N2OS.2CH4/c50-47(41-28-29-51-46(41)32-14-2-1-3-15-32,33-16-12-18-35(30-33)48-42-24-8-4-20-37(42)38-21-5-9-25-43(38)48)34-17-13-19-36(31-34)49-44-26-10-6-22-39(44)40-23-7-11-27-45(40)49;;/h1-31,50H;2*1H4. The lowest BCUT2D eigenvalue weighted by Gasteiger charge is -2.31. The van der Waals surface area contributed by atoms with Gasteiger partial charge in [0.1, 0.15) is 5.60 Å². The third-order valence-electron chi connectivity index (χ3n) is 10.3. The minimum absolute atomic E-state index is 0. The summed E-state index contributed by atoms with van der Waals surface area (Å²) in [7, 11) is 0. The molecule has 3 aromatic heterocycles. The first-order chi connectivity index (χ1) is 25.2. The number of aromatic nitrogens is 2. The number of rotatable bonds is 6. The highest BCUT2D eigenvalue weighted by Crippen LogP contribution is 2.46. The second-order valence-electron chi connectivity index (χ2n) is 13.1. The molecular formula is C49H40N2OS. The summed E-state index contributed by atoms with van der Waals surface area (Å²) in [5, 5.41) is 20.6. The van der Waals surface area contributed by atoms with Crippen LogP contribution < -0.4 is 0 Å². The molecule has 0 aliphatic carbocycles. The smallest absolute Gasteiger partial charge is 0.142 e. The SMILES string of the molecule is C.C.OC(c1cccc(-n2c3ccccc3c3ccccc32)c1)(c1cccc(-n2c3ccccc3c3ccccc32)c1)c1ccsc1-c1ccccc1. The van der Waals surface area contributed by atoms with Gasteiger partial charge in [-0.3, -0.25) is 0 Å². The van der Waals surface area contributed by atoms with Crippen LogP contribution >= 0.6 is 11.3 Å². The van der Waals surface area contributed by atoms with Crippen LogP contribution in [-0.2, 0) is 5.60 Å². The van der Waals surface area contributed by atoms with Crippen LogP contribution in [0.15, 0.2) is 187 Å². The number of thiophene rings is 1. The highest BCUT2D eigenvalue weighted by atomic mass is 32.1. The number of hydrogen-bond donors (Lipinski definition) is 1. The summed E-state index contributed by atoms with van der Waals surface area (Å²) in [6.07, 6.45) is 0. The van der Waals surface area contributed by atoms with E-state index in [1.807, 2.05) is 6.07 Å². The molecule has 0 aliphatic heterocycles. The lowest BCUT2D eigenvalue weighted by Crippen LogP contribution is -2.29. The van der Waals surface area contributed by atoms with Crippen LogP contribution in [0.1, 0.15) is 31.5 Å². The van der Waals surface area contributed by atoms with Crippen LogP contribution in [0.3, 0.4) is 0 Å². The molecule has 3 nitrogen and oxygen atoms in total. The largest absolute Gasteiger partial charge is 0.376 e. The minimum atomic E-state index is -1.48. The Hall–Kier alpha value is -6.20. The Labute approximate surface area is 314 Å². The zero-order valence-electron chi connectivity index (χ0n) is 27.6. The first kappa shape index (κ1) is 33.9. The number of nitrogens with zero attached hydrogens (tertiary/aromatic N) is 2. The molecule has 1 N–H and O–H groups in total. The molecule has 0 radical (unpaired) electrons. The van der Waals surface area contributed by atoms with Crippen molar-refractivity contribution in [2.45, 2.75) is 20.5 Å². The van der Waals surface area contributed by atoms with Crippen LogP contribution in [0.25, 0.3) is 65.4 Å². The van der Waals surface area contributed by atoms with Gasteiger partial charge in [-0.2, -0.15) is 0 Å². The predicted molar refractivity (Wildman–Crippen MR) is 227 cm³/mol. The fraction of sp³-hybridized carbons (Fsp3) is 0.0612. The van der Waals surface area contributed by atoms with Crippen molar-refractivity contribution >= 4 is 54.9 Å². The molecule has 3 heterocycles. The van der Waals surface area contributed by atoms with Crippen molar-refractivity contribution in [2.75, 3.05) is 0 Å². The van der Waals surface area contributed by atoms with E-state index in [4.69, 9.17) is 0 Å². The van der Waals surface area contributed by atoms with Crippen LogP contribution in [0.4, 0.5) is 0 Å². The van der Waals surface area contributed by atoms with Gasteiger partial charge in [-0.15, -0.1) is 11.3 Å². The summed E-state index contributed by atoms with van der Waals surface area (Å²) < 4.78 is 4.63. The first-order valence-electron chi connectivity index (χ1n) is 17.2. The molecule has 0 atom stereocenters. The van der Waals surface area contributed by atoms with Gasteiger partial charge in [0.05, 0.1) is 22.1 Å². The second-order valence-corrected chi connectivity index (χ2v) is 14.0. The maximum absolute atomic E-state index is 13.6. The zero-order valence-corrected chi connectivity index (χ0v) is 28.5. The predicted octanol–water partition coefficient (Wildman–Crippen LogP) is 13.2. The van der Waals surface area contributed by atoms with Crippen molar-refractivity contribution in [3.05, 3.63) is 204 Å². The van der Waals surface area contributed by atoms with Gasteiger partial charge in [-0.25, -0.2) is 0 Å². The fourth-order valence-corrected chi connectivity index (χ4v) is 8.98. The van der Waals surface area contributed by atoms with Crippen LogP contribution in [0.5, 0.6) is 0 Å². The molecule has 10 aromatic rings. The average Bonchev–Trinajstić information content (AvgIpc) is 3.92. The third kappa shape index (κ3) is 5.22. The van der Waals surface area contributed by atoms with Crippen LogP contribution in [0.2, 0.25) is 0 Å². The molecule has 7 aromatic carbocycles. The molecule has 0 fully saturated rings. The van der Waals surface area contributed by atoms with Crippen molar-refractivity contribution in [1.82, 2.24) is 9.13 Å². The lowest BCUT2D eigenvalue weighted by atomic mass is 9.79. The fourth-order valence-electron chi connectivity index (χ4n) is 8.03. The van der Waals surface area contributed by atoms with E-state index in [1.165, 1.54) is 21.5 Å². The number of aliphatic hydroxyl groups is 1. The monoisotopic (exact) mass is 704 g/mol. The topological polar surface area (TPSA) is 30.1 Å². The zero-order chi connectivity index (χ0) is 33.9. The van der Waals surface area contributed by atoms with Gasteiger partial charge in [-0.05, 0) is 76.7 Å². The van der Waals surface area contributed by atoms with Gasteiger partial charge in [0.25, 0.3) is 0 Å². The quantitative estimate of drug-likeness (QED) is 0.183. The Balaban J connectivity index is 0.00000200. The van der Waals surface area contributed by atoms with Crippen molar-refractivity contribution in [3.8, 4) is 21.8 Å². The molecule has 0 bridgehead atoms. The van der Waals surface area contributed by atoms with Crippen molar-refractivity contribution in [1.29, 1.82) is 0 Å². The van der Waals surface area contributed by atoms with Gasteiger partial charge in [0.2, 0.25) is 0 Å². The third-order valence-corrected chi connectivity index (χ3v) is 11.3. The van der Waals surface area contributed by atoms with E-state index in [-0.39, 0.29) is 14.9 Å². The van der Waals surface area contributed by atoms with Crippen molar-refractivity contribution < 1.29 is 5.11 Å². The Morgan fingerprint density at radius 3 is 1.25 bits per heavy atom. The van der Waals surface area contributed by atoms with E-state index in [1.54, 1.807) is 11.3 Å². The molecule has 0 aliphatic rings. The maximum atomic E-state index is 13.6. The van der Waals surface area contributed by atoms with E-state index in [2.05, 4.69) is 190 Å². The number of hydrogen-bond acceptors (Lipinski definition) is 2. The summed E-state index contributed by atoms with van der Waals surface area (Å²) in [6.45, 7) is 0. The average molecular weight is 705 g/mol. The summed E-state index contributed by atoms with van der Waals surface area (Å²) in [5.74, 6) is 0. The molecule has 53 heavy (non-hydrogen) atoms. The molecule has 0 saturated heterocycles.